The Labute approximate surface area is 147 Å². The molecule has 136 valence electrons. The third-order valence-corrected chi connectivity index (χ3v) is 4.72. The van der Waals surface area contributed by atoms with E-state index in [1.54, 1.807) is 24.4 Å². The van der Waals surface area contributed by atoms with Crippen LogP contribution in [0.2, 0.25) is 0 Å². The van der Waals surface area contributed by atoms with E-state index in [2.05, 4.69) is 15.6 Å². The molecule has 3 N–H and O–H groups in total. The zero-order chi connectivity index (χ0) is 17.6. The van der Waals surface area contributed by atoms with Crippen molar-refractivity contribution in [2.45, 2.75) is 50.4 Å². The molecule has 25 heavy (non-hydrogen) atoms. The van der Waals surface area contributed by atoms with Crippen LogP contribution in [0.5, 0.6) is 0 Å². The number of pyridine rings is 1. The number of ether oxygens (including phenoxy) is 1. The third-order valence-electron chi connectivity index (χ3n) is 4.72. The summed E-state index contributed by atoms with van der Waals surface area (Å²) < 4.78 is 5.91. The Kier molecular flexibility index (Phi) is 5.99. The molecule has 2 heterocycles. The van der Waals surface area contributed by atoms with Gasteiger partial charge in [0, 0.05) is 18.7 Å². The van der Waals surface area contributed by atoms with Gasteiger partial charge >= 0.3 is 0 Å². The fourth-order valence-corrected chi connectivity index (χ4v) is 3.09. The summed E-state index contributed by atoms with van der Waals surface area (Å²) in [6, 6.07) is 4.92. The molecule has 1 aromatic heterocycles. The zero-order valence-corrected chi connectivity index (χ0v) is 14.2. The number of rotatable bonds is 7. The van der Waals surface area contributed by atoms with Gasteiger partial charge < -0.3 is 20.5 Å². The summed E-state index contributed by atoms with van der Waals surface area (Å²) in [5, 5.41) is 15.4. The minimum atomic E-state index is -0.439. The zero-order valence-electron chi connectivity index (χ0n) is 14.2. The lowest BCUT2D eigenvalue weighted by Crippen LogP contribution is -2.51. The SMILES string of the molecule is O=C(N[C@H]1CC[C@@H](CCNC(=O)C2CC2)O[C@@H]1CO)c1ccccn1. The van der Waals surface area contributed by atoms with Crippen molar-refractivity contribution in [1.82, 2.24) is 15.6 Å². The summed E-state index contributed by atoms with van der Waals surface area (Å²) in [7, 11) is 0. The average Bonchev–Trinajstić information content (AvgIpc) is 3.48. The Morgan fingerprint density at radius 2 is 2.08 bits per heavy atom. The first kappa shape index (κ1) is 17.8. The van der Waals surface area contributed by atoms with Gasteiger partial charge in [0.1, 0.15) is 11.8 Å². The Bertz CT molecular complexity index is 591. The molecule has 0 radical (unpaired) electrons. The number of aliphatic hydroxyl groups is 1. The Morgan fingerprint density at radius 1 is 1.24 bits per heavy atom. The molecule has 1 saturated carbocycles. The van der Waals surface area contributed by atoms with Gasteiger partial charge in [0.15, 0.2) is 0 Å². The highest BCUT2D eigenvalue weighted by Crippen LogP contribution is 2.28. The smallest absolute Gasteiger partial charge is 0.270 e. The van der Waals surface area contributed by atoms with Gasteiger partial charge in [-0.25, -0.2) is 0 Å². The molecule has 1 saturated heterocycles. The van der Waals surface area contributed by atoms with E-state index in [0.29, 0.717) is 12.2 Å². The van der Waals surface area contributed by atoms with E-state index in [0.717, 1.165) is 32.1 Å². The number of aromatic nitrogens is 1. The summed E-state index contributed by atoms with van der Waals surface area (Å²) in [4.78, 5) is 27.9. The largest absolute Gasteiger partial charge is 0.394 e. The first-order chi connectivity index (χ1) is 12.2. The second-order valence-corrected chi connectivity index (χ2v) is 6.71. The average molecular weight is 347 g/mol. The summed E-state index contributed by atoms with van der Waals surface area (Å²) in [5.74, 6) is 0.0847. The van der Waals surface area contributed by atoms with Gasteiger partial charge in [-0.05, 0) is 44.2 Å². The number of carbonyl (C=O) groups excluding carboxylic acids is 2. The molecule has 0 spiro atoms. The lowest BCUT2D eigenvalue weighted by atomic mass is 9.97. The maximum atomic E-state index is 12.2. The normalized spacial score (nSPS) is 26.0. The molecule has 0 aromatic carbocycles. The fraction of sp³-hybridized carbons (Fsp3) is 0.611. The molecular formula is C18H25N3O4. The minimum Gasteiger partial charge on any atom is -0.394 e. The lowest BCUT2D eigenvalue weighted by molar-refractivity contribution is -0.122. The summed E-state index contributed by atoms with van der Waals surface area (Å²) >= 11 is 0. The van der Waals surface area contributed by atoms with Crippen molar-refractivity contribution < 1.29 is 19.4 Å². The number of carbonyl (C=O) groups is 2. The molecule has 1 aromatic rings. The van der Waals surface area contributed by atoms with Crippen LogP contribution in [0.3, 0.4) is 0 Å². The maximum Gasteiger partial charge on any atom is 0.270 e. The topological polar surface area (TPSA) is 101 Å². The van der Waals surface area contributed by atoms with Crippen molar-refractivity contribution >= 4 is 11.8 Å². The number of hydrogen-bond acceptors (Lipinski definition) is 5. The van der Waals surface area contributed by atoms with E-state index in [1.165, 1.54) is 0 Å². The second kappa shape index (κ2) is 8.40. The number of amides is 2. The number of hydrogen-bond donors (Lipinski definition) is 3. The minimum absolute atomic E-state index is 0.0142. The molecule has 2 fully saturated rings. The van der Waals surface area contributed by atoms with Crippen LogP contribution in [-0.2, 0) is 9.53 Å². The molecule has 1 aliphatic carbocycles. The van der Waals surface area contributed by atoms with Crippen LogP contribution in [0.4, 0.5) is 0 Å². The van der Waals surface area contributed by atoms with E-state index >= 15 is 0 Å². The van der Waals surface area contributed by atoms with Crippen LogP contribution < -0.4 is 10.6 Å². The van der Waals surface area contributed by atoms with Crippen LogP contribution >= 0.6 is 0 Å². The predicted molar refractivity (Wildman–Crippen MR) is 90.8 cm³/mol. The summed E-state index contributed by atoms with van der Waals surface area (Å²) in [6.45, 7) is 0.432. The van der Waals surface area contributed by atoms with Crippen molar-refractivity contribution in [2.75, 3.05) is 13.2 Å². The van der Waals surface area contributed by atoms with Crippen molar-refractivity contribution in [1.29, 1.82) is 0 Å². The quantitative estimate of drug-likeness (QED) is 0.672. The van der Waals surface area contributed by atoms with Crippen LogP contribution in [0, 0.1) is 5.92 Å². The first-order valence-corrected chi connectivity index (χ1v) is 8.93. The van der Waals surface area contributed by atoms with Crippen molar-refractivity contribution in [3.63, 3.8) is 0 Å². The molecule has 7 heteroatoms. The second-order valence-electron chi connectivity index (χ2n) is 6.71. The molecule has 2 aliphatic rings. The van der Waals surface area contributed by atoms with Gasteiger partial charge in [-0.2, -0.15) is 0 Å². The summed E-state index contributed by atoms with van der Waals surface area (Å²) in [5.41, 5.74) is 0.351. The number of nitrogens with one attached hydrogen (secondary N) is 2. The standard InChI is InChI=1S/C18H25N3O4/c22-11-16-14(21-18(24)15-3-1-2-9-19-15)7-6-13(25-16)8-10-20-17(23)12-4-5-12/h1-3,9,12-14,16,22H,4-8,10-11H2,(H,20,23)(H,21,24)/t13-,14-,16+/m0/s1. The highest BCUT2D eigenvalue weighted by atomic mass is 16.5. The summed E-state index contributed by atoms with van der Waals surface area (Å²) in [6.07, 6.45) is 5.34. The molecule has 2 amide bonds. The number of aliphatic hydroxyl groups excluding tert-OH is 1. The molecule has 1 aliphatic heterocycles. The van der Waals surface area contributed by atoms with E-state index < -0.39 is 6.10 Å². The molecular weight excluding hydrogens is 322 g/mol. The third kappa shape index (κ3) is 4.99. The Morgan fingerprint density at radius 3 is 2.76 bits per heavy atom. The van der Waals surface area contributed by atoms with Crippen molar-refractivity contribution in [3.05, 3.63) is 30.1 Å². The van der Waals surface area contributed by atoms with E-state index in [1.807, 2.05) is 0 Å². The molecule has 3 rings (SSSR count). The van der Waals surface area contributed by atoms with E-state index in [9.17, 15) is 14.7 Å². The molecule has 3 atom stereocenters. The van der Waals surface area contributed by atoms with Gasteiger partial charge in [-0.15, -0.1) is 0 Å². The first-order valence-electron chi connectivity index (χ1n) is 8.93. The molecule has 7 nitrogen and oxygen atoms in total. The van der Waals surface area contributed by atoms with Gasteiger partial charge in [0.25, 0.3) is 5.91 Å². The predicted octanol–water partition coefficient (Wildman–Crippen LogP) is 0.636. The van der Waals surface area contributed by atoms with E-state index in [-0.39, 0.29) is 36.5 Å². The van der Waals surface area contributed by atoms with Crippen LogP contribution in [-0.4, -0.2) is 53.3 Å². The number of nitrogens with zero attached hydrogens (tertiary/aromatic N) is 1. The van der Waals surface area contributed by atoms with Crippen LogP contribution in [0.15, 0.2) is 24.4 Å². The van der Waals surface area contributed by atoms with Crippen molar-refractivity contribution in [2.24, 2.45) is 5.92 Å². The van der Waals surface area contributed by atoms with Crippen LogP contribution in [0.1, 0.15) is 42.6 Å². The van der Waals surface area contributed by atoms with Crippen LogP contribution in [0.25, 0.3) is 0 Å². The lowest BCUT2D eigenvalue weighted by Gasteiger charge is -2.36. The Balaban J connectivity index is 1.44. The van der Waals surface area contributed by atoms with Gasteiger partial charge in [0.05, 0.1) is 18.8 Å². The highest BCUT2D eigenvalue weighted by molar-refractivity contribution is 5.92. The van der Waals surface area contributed by atoms with Gasteiger partial charge in [-0.3, -0.25) is 14.6 Å². The van der Waals surface area contributed by atoms with Crippen molar-refractivity contribution in [3.8, 4) is 0 Å². The molecule has 0 bridgehead atoms. The van der Waals surface area contributed by atoms with Gasteiger partial charge in [-0.1, -0.05) is 6.07 Å². The monoisotopic (exact) mass is 347 g/mol. The van der Waals surface area contributed by atoms with Gasteiger partial charge in [0.2, 0.25) is 5.91 Å². The Hall–Kier alpha value is -1.99. The fourth-order valence-electron chi connectivity index (χ4n) is 3.09. The van der Waals surface area contributed by atoms with E-state index in [4.69, 9.17) is 4.74 Å². The maximum absolute atomic E-state index is 12.2. The molecule has 0 unspecified atom stereocenters. The highest BCUT2D eigenvalue weighted by Gasteiger charge is 2.33.